The van der Waals surface area contributed by atoms with Crippen LogP contribution in [0.2, 0.25) is 0 Å². The van der Waals surface area contributed by atoms with Gasteiger partial charge in [-0.2, -0.15) is 0 Å². The van der Waals surface area contributed by atoms with E-state index in [1.54, 1.807) is 0 Å². The number of unbranched alkanes of at least 4 members (excludes halogenated alkanes) is 30. The molecule has 0 saturated carbocycles. The smallest absolute Gasteiger partial charge is 0.306 e. The second-order valence-corrected chi connectivity index (χ2v) is 19.5. The summed E-state index contributed by atoms with van der Waals surface area (Å²) in [5.41, 5.74) is 0. The number of ether oxygens (including phenoxy) is 3. The highest BCUT2D eigenvalue weighted by molar-refractivity contribution is 5.71. The van der Waals surface area contributed by atoms with E-state index in [9.17, 15) is 14.4 Å². The lowest BCUT2D eigenvalue weighted by molar-refractivity contribution is -0.167. The maximum atomic E-state index is 12.9. The molecule has 0 fully saturated rings. The van der Waals surface area contributed by atoms with Gasteiger partial charge in [-0.15, -0.1) is 0 Å². The number of carbonyl (C=O) groups excluding carboxylic acids is 3. The molecule has 0 aliphatic heterocycles. The Balaban J connectivity index is 4.43. The van der Waals surface area contributed by atoms with Gasteiger partial charge in [0.1, 0.15) is 13.2 Å². The van der Waals surface area contributed by atoms with E-state index in [1.165, 1.54) is 154 Å². The number of esters is 3. The molecule has 0 spiro atoms. The fraction of sp³-hybridized carbons (Fsp3) is 0.762. The number of allylic oxidation sites excluding steroid dienone is 12. The minimum Gasteiger partial charge on any atom is -0.462 e. The molecular weight excluding hydrogens is 853 g/mol. The topological polar surface area (TPSA) is 78.9 Å². The van der Waals surface area contributed by atoms with Gasteiger partial charge in [-0.25, -0.2) is 0 Å². The van der Waals surface area contributed by atoms with Crippen molar-refractivity contribution in [2.45, 2.75) is 297 Å². The minimum atomic E-state index is -0.792. The van der Waals surface area contributed by atoms with Gasteiger partial charge in [0.25, 0.3) is 0 Å². The van der Waals surface area contributed by atoms with Crippen LogP contribution in [-0.4, -0.2) is 37.2 Å². The van der Waals surface area contributed by atoms with Crippen LogP contribution in [0.4, 0.5) is 0 Å². The molecule has 0 aromatic carbocycles. The summed E-state index contributed by atoms with van der Waals surface area (Å²) < 4.78 is 16.9. The van der Waals surface area contributed by atoms with E-state index in [2.05, 4.69) is 93.7 Å². The highest BCUT2D eigenvalue weighted by Crippen LogP contribution is 2.15. The van der Waals surface area contributed by atoms with Gasteiger partial charge in [0.15, 0.2) is 6.10 Å². The van der Waals surface area contributed by atoms with Gasteiger partial charge in [0, 0.05) is 19.3 Å². The maximum Gasteiger partial charge on any atom is 0.306 e. The van der Waals surface area contributed by atoms with Crippen molar-refractivity contribution in [2.24, 2.45) is 0 Å². The SMILES string of the molecule is CC/C=C\C/C=C\C/C=C\C/C=C\CCCCCCC(=O)OC(COC(=O)CCCCCCCCC/C=C\CCCCCCCC)COC(=O)CCCCCCCCC/C=C\CCCCCCCC. The summed E-state index contributed by atoms with van der Waals surface area (Å²) in [6.45, 7) is 6.51. The number of hydrogen-bond acceptors (Lipinski definition) is 6. The van der Waals surface area contributed by atoms with Crippen molar-refractivity contribution < 1.29 is 28.6 Å². The molecule has 0 amide bonds. The average molecular weight is 964 g/mol. The van der Waals surface area contributed by atoms with Crippen molar-refractivity contribution >= 4 is 17.9 Å². The summed E-state index contributed by atoms with van der Waals surface area (Å²) >= 11 is 0. The molecule has 0 atom stereocenters. The third-order valence-electron chi connectivity index (χ3n) is 12.7. The molecule has 0 aromatic rings. The van der Waals surface area contributed by atoms with Gasteiger partial charge in [-0.3, -0.25) is 14.4 Å². The van der Waals surface area contributed by atoms with Crippen LogP contribution in [0.15, 0.2) is 72.9 Å². The summed E-state index contributed by atoms with van der Waals surface area (Å²) in [6.07, 6.45) is 73.2. The summed E-state index contributed by atoms with van der Waals surface area (Å²) in [5, 5.41) is 0. The van der Waals surface area contributed by atoms with Gasteiger partial charge < -0.3 is 14.2 Å². The third-order valence-corrected chi connectivity index (χ3v) is 12.7. The van der Waals surface area contributed by atoms with Crippen LogP contribution in [0.3, 0.4) is 0 Å². The van der Waals surface area contributed by atoms with Gasteiger partial charge in [0.2, 0.25) is 0 Å². The van der Waals surface area contributed by atoms with Crippen LogP contribution in [0.25, 0.3) is 0 Å². The number of rotatable bonds is 53. The van der Waals surface area contributed by atoms with E-state index in [-0.39, 0.29) is 31.1 Å². The van der Waals surface area contributed by atoms with Crippen LogP contribution in [0, 0.1) is 0 Å². The first-order chi connectivity index (χ1) is 34.0. The van der Waals surface area contributed by atoms with Gasteiger partial charge in [0.05, 0.1) is 0 Å². The third kappa shape index (κ3) is 55.6. The standard InChI is InChI=1S/C63H110O6/c1-4-7-10-13-16-19-22-25-28-31-34-37-40-43-46-49-52-55-61(64)67-58-60(69-63(66)57-54-51-48-45-42-39-36-33-30-27-24-21-18-15-12-9-6-3)59-68-62(65)56-53-50-47-44-41-38-35-32-29-26-23-20-17-14-11-8-5-2/h9,12,18,21,25-30,36,39,60H,4-8,10-11,13-17,19-20,22-24,31-35,37-38,40-59H2,1-3H3/b12-9-,21-18-,28-25-,29-26-,30-27-,39-36-. The Labute approximate surface area is 427 Å². The number of carbonyl (C=O) groups is 3. The molecule has 398 valence electrons. The van der Waals surface area contributed by atoms with Crippen molar-refractivity contribution in [1.29, 1.82) is 0 Å². The van der Waals surface area contributed by atoms with Crippen molar-refractivity contribution in [3.05, 3.63) is 72.9 Å². The molecule has 0 aliphatic rings. The average Bonchev–Trinajstić information content (AvgIpc) is 3.35. The monoisotopic (exact) mass is 963 g/mol. The molecule has 6 nitrogen and oxygen atoms in total. The molecule has 0 heterocycles. The van der Waals surface area contributed by atoms with Gasteiger partial charge in [-0.1, -0.05) is 235 Å². The first kappa shape index (κ1) is 65.8. The van der Waals surface area contributed by atoms with Crippen LogP contribution >= 0.6 is 0 Å². The minimum absolute atomic E-state index is 0.0883. The predicted octanol–water partition coefficient (Wildman–Crippen LogP) is 19.8. The molecule has 0 radical (unpaired) electrons. The molecule has 0 unspecified atom stereocenters. The first-order valence-corrected chi connectivity index (χ1v) is 29.4. The Bertz CT molecular complexity index is 1230. The Kier molecular flexibility index (Phi) is 54.8. The van der Waals surface area contributed by atoms with E-state index in [4.69, 9.17) is 14.2 Å². The quantitative estimate of drug-likeness (QED) is 0.0262. The Morgan fingerprint density at radius 2 is 0.565 bits per heavy atom. The largest absolute Gasteiger partial charge is 0.462 e. The highest BCUT2D eigenvalue weighted by Gasteiger charge is 2.19. The first-order valence-electron chi connectivity index (χ1n) is 29.4. The molecular formula is C63H110O6. The Morgan fingerprint density at radius 1 is 0.304 bits per heavy atom. The van der Waals surface area contributed by atoms with Gasteiger partial charge in [-0.05, 0) is 109 Å². The van der Waals surface area contributed by atoms with E-state index in [1.807, 2.05) is 0 Å². The lowest BCUT2D eigenvalue weighted by atomic mass is 10.1. The summed E-state index contributed by atoms with van der Waals surface area (Å²) in [7, 11) is 0. The second kappa shape index (κ2) is 57.4. The molecule has 0 saturated heterocycles. The van der Waals surface area contributed by atoms with Crippen LogP contribution in [0.5, 0.6) is 0 Å². The summed E-state index contributed by atoms with van der Waals surface area (Å²) in [5.74, 6) is -0.911. The fourth-order valence-electron chi connectivity index (χ4n) is 8.25. The van der Waals surface area contributed by atoms with E-state index in [0.717, 1.165) is 96.3 Å². The van der Waals surface area contributed by atoms with E-state index >= 15 is 0 Å². The zero-order chi connectivity index (χ0) is 50.0. The molecule has 0 bridgehead atoms. The lowest BCUT2D eigenvalue weighted by Crippen LogP contribution is -2.30. The van der Waals surface area contributed by atoms with E-state index < -0.39 is 6.10 Å². The predicted molar refractivity (Wildman–Crippen MR) is 298 cm³/mol. The van der Waals surface area contributed by atoms with Crippen molar-refractivity contribution in [3.8, 4) is 0 Å². The van der Waals surface area contributed by atoms with E-state index in [0.29, 0.717) is 19.3 Å². The maximum absolute atomic E-state index is 12.9. The lowest BCUT2D eigenvalue weighted by Gasteiger charge is -2.18. The molecule has 6 heteroatoms. The highest BCUT2D eigenvalue weighted by atomic mass is 16.6. The second-order valence-electron chi connectivity index (χ2n) is 19.5. The molecule has 0 N–H and O–H groups in total. The normalized spacial score (nSPS) is 12.2. The van der Waals surface area contributed by atoms with Crippen molar-refractivity contribution in [2.75, 3.05) is 13.2 Å². The number of hydrogen-bond donors (Lipinski definition) is 0. The Morgan fingerprint density at radius 3 is 0.899 bits per heavy atom. The molecule has 0 aliphatic carbocycles. The van der Waals surface area contributed by atoms with Crippen molar-refractivity contribution in [1.82, 2.24) is 0 Å². The molecule has 0 aromatic heterocycles. The summed E-state index contributed by atoms with van der Waals surface area (Å²) in [4.78, 5) is 38.2. The van der Waals surface area contributed by atoms with Crippen LogP contribution < -0.4 is 0 Å². The fourth-order valence-corrected chi connectivity index (χ4v) is 8.25. The molecule has 0 rings (SSSR count). The zero-order valence-corrected chi connectivity index (χ0v) is 45.6. The Hall–Kier alpha value is -3.15. The van der Waals surface area contributed by atoms with Crippen LogP contribution in [0.1, 0.15) is 290 Å². The molecule has 69 heavy (non-hydrogen) atoms. The summed E-state index contributed by atoms with van der Waals surface area (Å²) in [6, 6.07) is 0. The van der Waals surface area contributed by atoms with Gasteiger partial charge >= 0.3 is 17.9 Å². The van der Waals surface area contributed by atoms with Crippen molar-refractivity contribution in [3.63, 3.8) is 0 Å². The van der Waals surface area contributed by atoms with Crippen LogP contribution in [-0.2, 0) is 28.6 Å². The zero-order valence-electron chi connectivity index (χ0n) is 45.6.